The van der Waals surface area contributed by atoms with Crippen LogP contribution in [-0.4, -0.2) is 21.1 Å². The zero-order valence-electron chi connectivity index (χ0n) is 15.3. The van der Waals surface area contributed by atoms with E-state index in [1.54, 1.807) is 12.1 Å². The van der Waals surface area contributed by atoms with Gasteiger partial charge in [-0.2, -0.15) is 4.98 Å². The minimum absolute atomic E-state index is 0.165. The van der Waals surface area contributed by atoms with Gasteiger partial charge in [0, 0.05) is 32.5 Å². The van der Waals surface area contributed by atoms with Crippen molar-refractivity contribution in [2.45, 2.75) is 31.5 Å². The number of hydrogen-bond acceptors (Lipinski definition) is 6. The van der Waals surface area contributed by atoms with Crippen molar-refractivity contribution in [3.8, 4) is 17.1 Å². The molecule has 1 atom stereocenters. The molecule has 0 aliphatic carbocycles. The van der Waals surface area contributed by atoms with E-state index in [1.165, 1.54) is 5.56 Å². The molecule has 1 aliphatic heterocycles. The lowest BCUT2D eigenvalue weighted by Crippen LogP contribution is -2.14. The first kappa shape index (κ1) is 19.1. The first-order valence-corrected chi connectivity index (χ1v) is 10.8. The highest BCUT2D eigenvalue weighted by atomic mass is 35.5. The summed E-state index contributed by atoms with van der Waals surface area (Å²) >= 11 is 6.17. The molecule has 2 aromatic carbocycles. The first-order chi connectivity index (χ1) is 13.6. The second kappa shape index (κ2) is 8.43. The molecular formula is C20H19ClN2O4S. The third-order valence-electron chi connectivity index (χ3n) is 4.44. The number of ether oxygens (including phenoxy) is 2. The van der Waals surface area contributed by atoms with Crippen molar-refractivity contribution < 1.29 is 18.2 Å². The largest absolute Gasteiger partial charge is 0.467 e. The number of aromatic nitrogens is 2. The van der Waals surface area contributed by atoms with Crippen LogP contribution in [-0.2, 0) is 40.1 Å². The SMILES string of the molecule is CCc1ccc(-c2noc(C[S@@](=O)Cc3cc(Cl)cc4c3OCOC4)n2)cc1. The quantitative estimate of drug-likeness (QED) is 0.595. The van der Waals surface area contributed by atoms with Crippen molar-refractivity contribution in [2.75, 3.05) is 6.79 Å². The van der Waals surface area contributed by atoms with Gasteiger partial charge in [-0.1, -0.05) is 47.9 Å². The molecule has 146 valence electrons. The Morgan fingerprint density at radius 2 is 2.00 bits per heavy atom. The standard InChI is InChI=1S/C20H19ClN2O4S/c1-2-13-3-5-14(6-4-13)20-22-18(27-23-20)11-28(24)10-16-8-17(21)7-15-9-25-12-26-19(15)16/h3-8H,2,9-12H2,1H3/t28-/m0/s1. The summed E-state index contributed by atoms with van der Waals surface area (Å²) < 4.78 is 28.8. The number of fused-ring (bicyclic) bond motifs is 1. The molecule has 6 nitrogen and oxygen atoms in total. The summed E-state index contributed by atoms with van der Waals surface area (Å²) in [7, 11) is -1.25. The fourth-order valence-electron chi connectivity index (χ4n) is 3.05. The van der Waals surface area contributed by atoms with E-state index in [4.69, 9.17) is 25.6 Å². The van der Waals surface area contributed by atoms with Gasteiger partial charge in [-0.05, 0) is 24.1 Å². The molecule has 28 heavy (non-hydrogen) atoms. The van der Waals surface area contributed by atoms with E-state index in [0.29, 0.717) is 29.1 Å². The lowest BCUT2D eigenvalue weighted by Gasteiger charge is -2.20. The van der Waals surface area contributed by atoms with Crippen LogP contribution in [0, 0.1) is 0 Å². The Bertz CT molecular complexity index is 1000. The fraction of sp³-hybridized carbons (Fsp3) is 0.300. The second-order valence-corrected chi connectivity index (χ2v) is 8.35. The van der Waals surface area contributed by atoms with E-state index in [-0.39, 0.29) is 18.3 Å². The van der Waals surface area contributed by atoms with Gasteiger partial charge in [0.2, 0.25) is 11.7 Å². The van der Waals surface area contributed by atoms with Crippen LogP contribution in [0.1, 0.15) is 29.5 Å². The number of hydrogen-bond donors (Lipinski definition) is 0. The molecule has 0 fully saturated rings. The third kappa shape index (κ3) is 4.27. The Kier molecular flexibility index (Phi) is 5.75. The van der Waals surface area contributed by atoms with Crippen LogP contribution >= 0.6 is 11.6 Å². The monoisotopic (exact) mass is 418 g/mol. The second-order valence-electron chi connectivity index (χ2n) is 6.45. The van der Waals surface area contributed by atoms with E-state index in [1.807, 2.05) is 24.3 Å². The van der Waals surface area contributed by atoms with Crippen molar-refractivity contribution in [2.24, 2.45) is 0 Å². The lowest BCUT2D eigenvalue weighted by atomic mass is 10.1. The molecule has 0 saturated carbocycles. The zero-order valence-corrected chi connectivity index (χ0v) is 16.9. The van der Waals surface area contributed by atoms with Crippen LogP contribution in [0.15, 0.2) is 40.9 Å². The van der Waals surface area contributed by atoms with Gasteiger partial charge in [-0.3, -0.25) is 4.21 Å². The molecule has 2 heterocycles. The normalized spacial score (nSPS) is 14.4. The Morgan fingerprint density at radius 3 is 2.79 bits per heavy atom. The molecule has 0 saturated heterocycles. The predicted octanol–water partition coefficient (Wildman–Crippen LogP) is 4.27. The maximum absolute atomic E-state index is 12.7. The van der Waals surface area contributed by atoms with Crippen LogP contribution in [0.3, 0.4) is 0 Å². The van der Waals surface area contributed by atoms with Crippen molar-refractivity contribution in [3.05, 3.63) is 64.0 Å². The van der Waals surface area contributed by atoms with Crippen LogP contribution in [0.4, 0.5) is 0 Å². The van der Waals surface area contributed by atoms with Crippen LogP contribution in [0.2, 0.25) is 5.02 Å². The smallest absolute Gasteiger partial charge is 0.239 e. The third-order valence-corrected chi connectivity index (χ3v) is 5.86. The molecule has 1 aromatic heterocycles. The first-order valence-electron chi connectivity index (χ1n) is 8.91. The van der Waals surface area contributed by atoms with Gasteiger partial charge in [-0.25, -0.2) is 0 Å². The van der Waals surface area contributed by atoms with E-state index in [9.17, 15) is 4.21 Å². The molecule has 4 rings (SSSR count). The van der Waals surface area contributed by atoms with Gasteiger partial charge in [0.1, 0.15) is 11.5 Å². The van der Waals surface area contributed by atoms with Crippen LogP contribution in [0.25, 0.3) is 11.4 Å². The van der Waals surface area contributed by atoms with Crippen LogP contribution < -0.4 is 4.74 Å². The van der Waals surface area contributed by atoms with E-state index >= 15 is 0 Å². The predicted molar refractivity (Wildman–Crippen MR) is 106 cm³/mol. The molecule has 1 aliphatic rings. The van der Waals surface area contributed by atoms with Gasteiger partial charge in [0.15, 0.2) is 6.79 Å². The van der Waals surface area contributed by atoms with Gasteiger partial charge >= 0.3 is 0 Å². The highest BCUT2D eigenvalue weighted by Crippen LogP contribution is 2.32. The lowest BCUT2D eigenvalue weighted by molar-refractivity contribution is -0.0169. The molecule has 0 unspecified atom stereocenters. The molecule has 0 amide bonds. The Balaban J connectivity index is 1.46. The van der Waals surface area contributed by atoms with Crippen molar-refractivity contribution in [3.63, 3.8) is 0 Å². The van der Waals surface area contributed by atoms with Gasteiger partial charge in [0.25, 0.3) is 0 Å². The molecule has 0 radical (unpaired) electrons. The highest BCUT2D eigenvalue weighted by Gasteiger charge is 2.19. The summed E-state index contributed by atoms with van der Waals surface area (Å²) in [6.45, 7) is 2.71. The van der Waals surface area contributed by atoms with Crippen LogP contribution in [0.5, 0.6) is 5.75 Å². The summed E-state index contributed by atoms with van der Waals surface area (Å²) in [6, 6.07) is 11.6. The molecule has 0 spiro atoms. The maximum atomic E-state index is 12.7. The van der Waals surface area contributed by atoms with Gasteiger partial charge in [0.05, 0.1) is 12.4 Å². The summed E-state index contributed by atoms with van der Waals surface area (Å²) in [6.07, 6.45) is 0.972. The number of aryl methyl sites for hydroxylation is 1. The zero-order chi connectivity index (χ0) is 19.5. The van der Waals surface area contributed by atoms with Crippen molar-refractivity contribution in [1.82, 2.24) is 10.1 Å². The average Bonchev–Trinajstić information content (AvgIpc) is 3.16. The van der Waals surface area contributed by atoms with Gasteiger partial charge in [-0.15, -0.1) is 0 Å². The topological polar surface area (TPSA) is 74.5 Å². The van der Waals surface area contributed by atoms with E-state index in [2.05, 4.69) is 17.1 Å². The molecule has 0 N–H and O–H groups in total. The van der Waals surface area contributed by atoms with Gasteiger partial charge < -0.3 is 14.0 Å². The minimum Gasteiger partial charge on any atom is -0.467 e. The Morgan fingerprint density at radius 1 is 1.18 bits per heavy atom. The minimum atomic E-state index is -1.25. The summed E-state index contributed by atoms with van der Waals surface area (Å²) in [5.41, 5.74) is 3.77. The molecule has 8 heteroatoms. The number of rotatable bonds is 6. The Hall–Kier alpha value is -2.22. The van der Waals surface area contributed by atoms with Crippen molar-refractivity contribution in [1.29, 1.82) is 0 Å². The van der Waals surface area contributed by atoms with Crippen molar-refractivity contribution >= 4 is 22.4 Å². The summed E-state index contributed by atoms with van der Waals surface area (Å²) in [5.74, 6) is 1.98. The number of benzene rings is 2. The molecular weight excluding hydrogens is 400 g/mol. The van der Waals surface area contributed by atoms with E-state index < -0.39 is 10.8 Å². The fourth-order valence-corrected chi connectivity index (χ4v) is 4.37. The molecule has 3 aromatic rings. The summed E-state index contributed by atoms with van der Waals surface area (Å²) in [5, 5.41) is 4.57. The average molecular weight is 419 g/mol. The number of halogens is 1. The Labute approximate surface area is 170 Å². The van der Waals surface area contributed by atoms with E-state index in [0.717, 1.165) is 23.1 Å². The highest BCUT2D eigenvalue weighted by molar-refractivity contribution is 7.83. The summed E-state index contributed by atoms with van der Waals surface area (Å²) in [4.78, 5) is 4.37. The maximum Gasteiger partial charge on any atom is 0.239 e. The molecule has 0 bridgehead atoms. The number of nitrogens with zero attached hydrogens (tertiary/aromatic N) is 2.